The van der Waals surface area contributed by atoms with Crippen molar-refractivity contribution in [1.29, 1.82) is 0 Å². The van der Waals surface area contributed by atoms with Gasteiger partial charge in [0, 0.05) is 11.5 Å². The molecule has 0 aliphatic heterocycles. The lowest BCUT2D eigenvalue weighted by atomic mass is 10.5. The quantitative estimate of drug-likeness (QED) is 0.351. The van der Waals surface area contributed by atoms with E-state index in [1.807, 2.05) is 0 Å². The van der Waals surface area contributed by atoms with Crippen molar-refractivity contribution >= 4 is 50.5 Å². The second-order valence-electron chi connectivity index (χ2n) is 1.30. The molecule has 0 saturated heterocycles. The highest BCUT2D eigenvalue weighted by molar-refractivity contribution is 8.03. The van der Waals surface area contributed by atoms with Gasteiger partial charge in [0.2, 0.25) is 0 Å². The molecule has 0 N–H and O–H groups in total. The molecule has 0 fully saturated rings. The van der Waals surface area contributed by atoms with Crippen molar-refractivity contribution in [2.75, 3.05) is 11.5 Å². The molecular formula is C3H8S4. The lowest BCUT2D eigenvalue weighted by molar-refractivity contribution is 1.10. The molecule has 7 heavy (non-hydrogen) atoms. The first kappa shape index (κ1) is 8.40. The number of hydrogen-bond acceptors (Lipinski definition) is 4. The zero-order chi connectivity index (χ0) is 5.91. The molecule has 0 heterocycles. The highest BCUT2D eigenvalue weighted by Gasteiger charge is 2.13. The monoisotopic (exact) mass is 172 g/mol. The highest BCUT2D eigenvalue weighted by Crippen LogP contribution is 2.21. The summed E-state index contributed by atoms with van der Waals surface area (Å²) in [4.78, 5) is 0. The van der Waals surface area contributed by atoms with Crippen LogP contribution in [0.2, 0.25) is 0 Å². The van der Waals surface area contributed by atoms with Crippen LogP contribution in [0.3, 0.4) is 0 Å². The van der Waals surface area contributed by atoms with Crippen LogP contribution in [0.1, 0.15) is 0 Å². The Hall–Kier alpha value is 1.40. The number of thiol groups is 4. The lowest BCUT2D eigenvalue weighted by Crippen LogP contribution is -2.16. The van der Waals surface area contributed by atoms with Gasteiger partial charge in [-0.25, -0.2) is 0 Å². The maximum Gasteiger partial charge on any atom is 0.0726 e. The zero-order valence-electron chi connectivity index (χ0n) is 3.70. The van der Waals surface area contributed by atoms with E-state index in [9.17, 15) is 0 Å². The average Bonchev–Trinajstić information content (AvgIpc) is 1.68. The van der Waals surface area contributed by atoms with E-state index in [0.717, 1.165) is 0 Å². The molecular weight excluding hydrogens is 164 g/mol. The van der Waals surface area contributed by atoms with Gasteiger partial charge in [-0.05, 0) is 0 Å². The van der Waals surface area contributed by atoms with E-state index in [2.05, 4.69) is 50.5 Å². The molecule has 0 radical (unpaired) electrons. The Kier molecular flexibility index (Phi) is 4.12. The first-order valence-corrected chi connectivity index (χ1v) is 3.95. The number of hydrogen-bond donors (Lipinski definition) is 4. The first-order valence-electron chi connectivity index (χ1n) is 1.79. The van der Waals surface area contributed by atoms with Gasteiger partial charge in [0.15, 0.2) is 0 Å². The summed E-state index contributed by atoms with van der Waals surface area (Å²) >= 11 is 16.2. The van der Waals surface area contributed by atoms with Crippen LogP contribution in [0.25, 0.3) is 0 Å². The fraction of sp³-hybridized carbons (Fsp3) is 1.00. The maximum atomic E-state index is 4.10. The van der Waals surface area contributed by atoms with Crippen LogP contribution in [-0.4, -0.2) is 15.6 Å². The van der Waals surface area contributed by atoms with E-state index in [-0.39, 0.29) is 4.08 Å². The molecule has 0 aromatic heterocycles. The molecule has 0 unspecified atom stereocenters. The Morgan fingerprint density at radius 3 is 1.29 bits per heavy atom. The van der Waals surface area contributed by atoms with Crippen molar-refractivity contribution in [2.24, 2.45) is 0 Å². The van der Waals surface area contributed by atoms with Crippen LogP contribution in [-0.2, 0) is 0 Å². The maximum absolute atomic E-state index is 4.10. The molecule has 0 spiro atoms. The Morgan fingerprint density at radius 1 is 1.00 bits per heavy atom. The molecule has 0 aliphatic rings. The SMILES string of the molecule is SCC(S)(S)CS. The van der Waals surface area contributed by atoms with E-state index in [1.54, 1.807) is 0 Å². The summed E-state index contributed by atoms with van der Waals surface area (Å²) in [6.45, 7) is 0. The largest absolute Gasteiger partial charge is 0.177 e. The zero-order valence-corrected chi connectivity index (χ0v) is 7.28. The summed E-state index contributed by atoms with van der Waals surface area (Å²) in [5.74, 6) is 1.28. The van der Waals surface area contributed by atoms with Crippen molar-refractivity contribution in [1.82, 2.24) is 0 Å². The lowest BCUT2D eigenvalue weighted by Gasteiger charge is -2.14. The molecule has 0 atom stereocenters. The summed E-state index contributed by atoms with van der Waals surface area (Å²) in [6, 6.07) is 0. The van der Waals surface area contributed by atoms with Crippen LogP contribution in [0.5, 0.6) is 0 Å². The third kappa shape index (κ3) is 3.94. The van der Waals surface area contributed by atoms with Crippen molar-refractivity contribution in [3.63, 3.8) is 0 Å². The van der Waals surface area contributed by atoms with Gasteiger partial charge < -0.3 is 0 Å². The second-order valence-corrected chi connectivity index (χ2v) is 4.00. The molecule has 44 valence electrons. The van der Waals surface area contributed by atoms with Gasteiger partial charge in [-0.1, -0.05) is 0 Å². The van der Waals surface area contributed by atoms with E-state index in [4.69, 9.17) is 0 Å². The predicted octanol–water partition coefficient (Wildman–Crippen LogP) is 1.40. The fourth-order valence-electron chi connectivity index (χ4n) is 0.0500. The van der Waals surface area contributed by atoms with Crippen LogP contribution in [0.15, 0.2) is 0 Å². The summed E-state index contributed by atoms with van der Waals surface area (Å²) in [7, 11) is 0. The molecule has 0 aromatic rings. The van der Waals surface area contributed by atoms with Gasteiger partial charge in [-0.15, -0.1) is 0 Å². The Morgan fingerprint density at radius 2 is 1.29 bits per heavy atom. The van der Waals surface area contributed by atoms with E-state index in [0.29, 0.717) is 11.5 Å². The van der Waals surface area contributed by atoms with Crippen molar-refractivity contribution in [3.8, 4) is 0 Å². The van der Waals surface area contributed by atoms with E-state index >= 15 is 0 Å². The molecule has 0 aliphatic carbocycles. The average molecular weight is 172 g/mol. The molecule has 0 bridgehead atoms. The van der Waals surface area contributed by atoms with Gasteiger partial charge in [0.25, 0.3) is 0 Å². The van der Waals surface area contributed by atoms with Crippen molar-refractivity contribution in [2.45, 2.75) is 4.08 Å². The summed E-state index contributed by atoms with van der Waals surface area (Å²) in [6.07, 6.45) is 0. The van der Waals surface area contributed by atoms with Gasteiger partial charge in [-0.3, -0.25) is 0 Å². The van der Waals surface area contributed by atoms with Crippen LogP contribution in [0.4, 0.5) is 0 Å². The smallest absolute Gasteiger partial charge is 0.0726 e. The minimum atomic E-state index is -0.299. The minimum Gasteiger partial charge on any atom is -0.177 e. The number of rotatable bonds is 2. The fourth-order valence-corrected chi connectivity index (χ4v) is 0.450. The van der Waals surface area contributed by atoms with E-state index in [1.165, 1.54) is 0 Å². The normalized spacial score (nSPS) is 12.0. The topological polar surface area (TPSA) is 0 Å². The summed E-state index contributed by atoms with van der Waals surface area (Å²) in [5, 5.41) is 0. The van der Waals surface area contributed by atoms with Crippen LogP contribution < -0.4 is 0 Å². The van der Waals surface area contributed by atoms with Crippen LogP contribution >= 0.6 is 50.5 Å². The third-order valence-electron chi connectivity index (χ3n) is 0.506. The van der Waals surface area contributed by atoms with Crippen molar-refractivity contribution in [3.05, 3.63) is 0 Å². The summed E-state index contributed by atoms with van der Waals surface area (Å²) < 4.78 is -0.299. The van der Waals surface area contributed by atoms with Gasteiger partial charge in [0.1, 0.15) is 0 Å². The van der Waals surface area contributed by atoms with Gasteiger partial charge in [0.05, 0.1) is 4.08 Å². The molecule has 0 amide bonds. The highest BCUT2D eigenvalue weighted by atomic mass is 32.2. The minimum absolute atomic E-state index is 0.299. The van der Waals surface area contributed by atoms with Crippen molar-refractivity contribution < 1.29 is 0 Å². The molecule has 0 saturated carbocycles. The molecule has 0 rings (SSSR count). The Balaban J connectivity index is 3.36. The first-order chi connectivity index (χ1) is 3.12. The van der Waals surface area contributed by atoms with Gasteiger partial charge >= 0.3 is 0 Å². The summed E-state index contributed by atoms with van der Waals surface area (Å²) in [5.41, 5.74) is 0. The standard InChI is InChI=1S/C3H8S4/c4-1-3(6,7)2-5/h4-7H,1-2H2. The second kappa shape index (κ2) is 3.43. The van der Waals surface area contributed by atoms with E-state index < -0.39 is 0 Å². The van der Waals surface area contributed by atoms with Gasteiger partial charge in [-0.2, -0.15) is 50.5 Å². The Labute approximate surface area is 66.1 Å². The Bertz CT molecular complexity index is 44.9. The molecule has 4 heteroatoms. The molecule has 0 nitrogen and oxygen atoms in total. The predicted molar refractivity (Wildman–Crippen MR) is 48.4 cm³/mol. The van der Waals surface area contributed by atoms with Crippen LogP contribution in [0, 0.1) is 0 Å². The third-order valence-corrected chi connectivity index (χ3v) is 3.22. The molecule has 0 aromatic carbocycles.